The van der Waals surface area contributed by atoms with E-state index < -0.39 is 0 Å². The van der Waals surface area contributed by atoms with Crippen LogP contribution in [0.1, 0.15) is 5.56 Å². The number of ether oxygens (including phenoxy) is 1. The highest BCUT2D eigenvalue weighted by molar-refractivity contribution is 9.10. The Morgan fingerprint density at radius 1 is 1.62 bits per heavy atom. The molecule has 0 saturated carbocycles. The van der Waals surface area contributed by atoms with E-state index in [0.29, 0.717) is 17.0 Å². The molecule has 16 heavy (non-hydrogen) atoms. The minimum absolute atomic E-state index is 0.129. The normalized spacial score (nSPS) is 11.6. The molecule has 1 aromatic carbocycles. The Morgan fingerprint density at radius 3 is 2.81 bits per heavy atom. The maximum Gasteiger partial charge on any atom is 0.146 e. The topological polar surface area (TPSA) is 67.8 Å². The molecule has 6 heteroatoms. The van der Waals surface area contributed by atoms with Gasteiger partial charge in [0.1, 0.15) is 17.3 Å². The molecule has 0 amide bonds. The molecule has 0 saturated heterocycles. The highest BCUT2D eigenvalue weighted by atomic mass is 79.9. The number of amidine groups is 1. The fraction of sp³-hybridized carbons (Fsp3) is 0.300. The van der Waals surface area contributed by atoms with Gasteiger partial charge in [-0.1, -0.05) is 15.9 Å². The van der Waals surface area contributed by atoms with E-state index in [4.69, 9.17) is 22.1 Å². The lowest BCUT2D eigenvalue weighted by Gasteiger charge is -2.10. The van der Waals surface area contributed by atoms with Gasteiger partial charge in [0.25, 0.3) is 0 Å². The van der Waals surface area contributed by atoms with Gasteiger partial charge in [-0.2, -0.15) is 0 Å². The van der Waals surface area contributed by atoms with Gasteiger partial charge in [-0.3, -0.25) is 0 Å². The maximum absolute atomic E-state index is 9.23. The molecule has 88 valence electrons. The number of nitrogens with two attached hydrogens (primary N) is 1. The van der Waals surface area contributed by atoms with Crippen LogP contribution in [0.4, 0.5) is 5.69 Å². The van der Waals surface area contributed by atoms with Gasteiger partial charge in [-0.25, -0.2) is 4.99 Å². The van der Waals surface area contributed by atoms with Crippen LogP contribution < -0.4 is 10.5 Å². The number of methoxy groups -OCH3 is 1. The van der Waals surface area contributed by atoms with Gasteiger partial charge in [-0.05, 0) is 12.1 Å². The molecule has 1 aromatic rings. The number of aliphatic hydroxyl groups is 1. The highest BCUT2D eigenvalue weighted by Gasteiger charge is 2.10. The lowest BCUT2D eigenvalue weighted by Crippen LogP contribution is -2.12. The summed E-state index contributed by atoms with van der Waals surface area (Å²) in [6.07, 6.45) is 0. The number of aliphatic imine (C=N–C) groups is 1. The van der Waals surface area contributed by atoms with Crippen LogP contribution in [0.5, 0.6) is 5.75 Å². The van der Waals surface area contributed by atoms with E-state index in [9.17, 15) is 5.11 Å². The van der Waals surface area contributed by atoms with Crippen molar-refractivity contribution in [2.75, 3.05) is 13.0 Å². The van der Waals surface area contributed by atoms with Gasteiger partial charge >= 0.3 is 0 Å². The first-order chi connectivity index (χ1) is 7.62. The van der Waals surface area contributed by atoms with Crippen LogP contribution in [-0.2, 0) is 6.61 Å². The zero-order valence-corrected chi connectivity index (χ0v) is 11.0. The Hall–Kier alpha value is -0.780. The second-order valence-corrected chi connectivity index (χ2v) is 4.19. The van der Waals surface area contributed by atoms with Crippen molar-refractivity contribution >= 4 is 39.1 Å². The van der Waals surface area contributed by atoms with Crippen molar-refractivity contribution in [3.8, 4) is 5.75 Å². The third-order valence-corrected chi connectivity index (χ3v) is 2.63. The summed E-state index contributed by atoms with van der Waals surface area (Å²) in [5.41, 5.74) is 6.69. The van der Waals surface area contributed by atoms with E-state index >= 15 is 0 Å². The van der Waals surface area contributed by atoms with Crippen molar-refractivity contribution < 1.29 is 9.84 Å². The van der Waals surface area contributed by atoms with E-state index in [-0.39, 0.29) is 18.3 Å². The molecular weight excluding hydrogens is 295 g/mol. The molecule has 0 unspecified atom stereocenters. The van der Waals surface area contributed by atoms with Crippen molar-refractivity contribution in [2.45, 2.75) is 6.61 Å². The monoisotopic (exact) mass is 306 g/mol. The molecule has 1 rings (SSSR count). The lowest BCUT2D eigenvalue weighted by molar-refractivity contribution is 0.281. The van der Waals surface area contributed by atoms with E-state index in [1.54, 1.807) is 12.1 Å². The summed E-state index contributed by atoms with van der Waals surface area (Å²) in [5, 5.41) is 9.23. The summed E-state index contributed by atoms with van der Waals surface area (Å²) in [6.45, 7) is -0.149. The summed E-state index contributed by atoms with van der Waals surface area (Å²) in [5.74, 6) is 0.938. The van der Waals surface area contributed by atoms with Gasteiger partial charge < -0.3 is 15.6 Å². The number of benzene rings is 1. The van der Waals surface area contributed by atoms with Crippen LogP contribution in [0.3, 0.4) is 0 Å². The second-order valence-electron chi connectivity index (χ2n) is 3.01. The molecule has 4 nitrogen and oxygen atoms in total. The number of alkyl halides is 1. The molecule has 0 heterocycles. The zero-order valence-electron chi connectivity index (χ0n) is 8.70. The smallest absolute Gasteiger partial charge is 0.146 e. The van der Waals surface area contributed by atoms with Crippen LogP contribution in [0, 0.1) is 0 Å². The van der Waals surface area contributed by atoms with E-state index in [1.807, 2.05) is 0 Å². The quantitative estimate of drug-likeness (QED) is 0.509. The van der Waals surface area contributed by atoms with Crippen molar-refractivity contribution in [1.82, 2.24) is 0 Å². The molecule has 0 aromatic heterocycles. The first-order valence-electron chi connectivity index (χ1n) is 4.48. The van der Waals surface area contributed by atoms with Crippen LogP contribution in [0.25, 0.3) is 0 Å². The Kier molecular flexibility index (Phi) is 5.05. The Balaban J connectivity index is 3.33. The number of rotatable bonds is 4. The molecule has 0 fully saturated rings. The van der Waals surface area contributed by atoms with Gasteiger partial charge in [0.15, 0.2) is 0 Å². The van der Waals surface area contributed by atoms with Crippen LogP contribution in [-0.4, -0.2) is 23.9 Å². The average molecular weight is 308 g/mol. The number of hydrogen-bond donors (Lipinski definition) is 2. The molecule has 0 atom stereocenters. The van der Waals surface area contributed by atoms with Crippen molar-refractivity contribution in [3.05, 3.63) is 22.2 Å². The average Bonchev–Trinajstić information content (AvgIpc) is 2.30. The van der Waals surface area contributed by atoms with Gasteiger partial charge in [-0.15, -0.1) is 11.6 Å². The third-order valence-electron chi connectivity index (χ3n) is 1.90. The fourth-order valence-electron chi connectivity index (χ4n) is 1.20. The predicted molar refractivity (Wildman–Crippen MR) is 68.6 cm³/mol. The molecule has 0 bridgehead atoms. The number of nitrogens with zero attached hydrogens (tertiary/aromatic N) is 1. The lowest BCUT2D eigenvalue weighted by atomic mass is 10.2. The summed E-state index contributed by atoms with van der Waals surface area (Å²) in [6, 6.07) is 3.50. The number of aliphatic hydroxyl groups excluding tert-OH is 1. The van der Waals surface area contributed by atoms with Crippen molar-refractivity contribution in [1.29, 1.82) is 0 Å². The highest BCUT2D eigenvalue weighted by Crippen LogP contribution is 2.35. The summed E-state index contributed by atoms with van der Waals surface area (Å²) in [4.78, 5) is 4.12. The van der Waals surface area contributed by atoms with Crippen molar-refractivity contribution in [2.24, 2.45) is 10.7 Å². The summed E-state index contributed by atoms with van der Waals surface area (Å²) < 4.78 is 5.97. The first-order valence-corrected chi connectivity index (χ1v) is 5.81. The minimum atomic E-state index is -0.149. The number of hydrogen-bond acceptors (Lipinski definition) is 3. The van der Waals surface area contributed by atoms with Crippen LogP contribution in [0.15, 0.2) is 21.6 Å². The molecule has 0 spiro atoms. The van der Waals surface area contributed by atoms with E-state index in [0.717, 1.165) is 4.47 Å². The summed E-state index contributed by atoms with van der Waals surface area (Å²) >= 11 is 8.87. The Labute approximate surface area is 107 Å². The first kappa shape index (κ1) is 13.3. The Morgan fingerprint density at radius 2 is 2.31 bits per heavy atom. The van der Waals surface area contributed by atoms with E-state index in [2.05, 4.69) is 20.9 Å². The maximum atomic E-state index is 9.23. The van der Waals surface area contributed by atoms with Crippen LogP contribution in [0.2, 0.25) is 0 Å². The van der Waals surface area contributed by atoms with E-state index in [1.165, 1.54) is 7.11 Å². The van der Waals surface area contributed by atoms with Crippen LogP contribution >= 0.6 is 27.5 Å². The van der Waals surface area contributed by atoms with Gasteiger partial charge in [0.2, 0.25) is 0 Å². The largest absolute Gasteiger partial charge is 0.494 e. The molecule has 3 N–H and O–H groups in total. The standard InChI is InChI=1S/C10H12BrClN2O2/c1-16-8-3-7(11)2-6(5-15)10(8)14-9(13)4-12/h2-3,15H,4-5H2,1H3,(H2,13,14). The second kappa shape index (κ2) is 6.08. The predicted octanol–water partition coefficient (Wildman–Crippen LogP) is 2.18. The molecular formula is C10H12BrClN2O2. The minimum Gasteiger partial charge on any atom is -0.494 e. The molecule has 0 aliphatic rings. The SMILES string of the molecule is COc1cc(Br)cc(CO)c1N=C(N)CCl. The molecule has 0 radical (unpaired) electrons. The molecule has 0 aliphatic heterocycles. The zero-order chi connectivity index (χ0) is 12.1. The third kappa shape index (κ3) is 3.10. The summed E-state index contributed by atoms with van der Waals surface area (Å²) in [7, 11) is 1.53. The van der Waals surface area contributed by atoms with Gasteiger partial charge in [0.05, 0.1) is 19.6 Å². The van der Waals surface area contributed by atoms with Crippen molar-refractivity contribution in [3.63, 3.8) is 0 Å². The fourth-order valence-corrected chi connectivity index (χ4v) is 1.75. The van der Waals surface area contributed by atoms with Gasteiger partial charge in [0, 0.05) is 10.0 Å². The Bertz CT molecular complexity index is 385. The molecule has 0 aliphatic carbocycles. The number of halogens is 2.